The van der Waals surface area contributed by atoms with Crippen molar-refractivity contribution in [3.8, 4) is 0 Å². The number of aliphatic hydroxyl groups excluding tert-OH is 6. The number of hydrogen-bond donors (Lipinski definition) is 7. The summed E-state index contributed by atoms with van der Waals surface area (Å²) in [4.78, 5) is 11.4. The van der Waals surface area contributed by atoms with Gasteiger partial charge in [0, 0.05) is 13.0 Å². The lowest BCUT2D eigenvalue weighted by molar-refractivity contribution is -0.349. The summed E-state index contributed by atoms with van der Waals surface area (Å²) in [5.41, 5.74) is 0. The summed E-state index contributed by atoms with van der Waals surface area (Å²) in [6.45, 7) is 4.21. The van der Waals surface area contributed by atoms with Gasteiger partial charge in [-0.05, 0) is 13.8 Å². The van der Waals surface area contributed by atoms with E-state index in [1.165, 1.54) is 14.0 Å². The van der Waals surface area contributed by atoms with Crippen LogP contribution in [0.2, 0.25) is 0 Å². The lowest BCUT2D eigenvalue weighted by Crippen LogP contribution is -2.64. The summed E-state index contributed by atoms with van der Waals surface area (Å²) >= 11 is 0. The highest BCUT2D eigenvalue weighted by Gasteiger charge is 2.51. The van der Waals surface area contributed by atoms with E-state index in [1.54, 1.807) is 13.8 Å². The Bertz CT molecular complexity index is 710. The van der Waals surface area contributed by atoms with Crippen LogP contribution in [-0.4, -0.2) is 141 Å². The molecule has 3 aliphatic heterocycles. The number of hydrogen-bond acceptors (Lipinski definition) is 13. The molecule has 0 bridgehead atoms. The van der Waals surface area contributed by atoms with Gasteiger partial charge in [0.05, 0.1) is 24.9 Å². The Morgan fingerprint density at radius 3 is 1.97 bits per heavy atom. The molecule has 0 spiro atoms. The van der Waals surface area contributed by atoms with Crippen molar-refractivity contribution in [2.24, 2.45) is 5.92 Å². The number of rotatable bonds is 7. The van der Waals surface area contributed by atoms with Crippen LogP contribution in [0, 0.1) is 5.92 Å². The van der Waals surface area contributed by atoms with Crippen molar-refractivity contribution < 1.29 is 69.0 Å². The first kappa shape index (κ1) is 28.6. The molecule has 0 aromatic heterocycles. The van der Waals surface area contributed by atoms with Crippen LogP contribution in [0.25, 0.3) is 0 Å². The van der Waals surface area contributed by atoms with Gasteiger partial charge in [0.25, 0.3) is 0 Å². The molecule has 3 rings (SSSR count). The Morgan fingerprint density at radius 2 is 1.37 bits per heavy atom. The summed E-state index contributed by atoms with van der Waals surface area (Å²) in [6.07, 6.45) is -17.8. The van der Waals surface area contributed by atoms with Gasteiger partial charge in [0.15, 0.2) is 18.7 Å². The molecule has 0 aromatic rings. The smallest absolute Gasteiger partial charge is 0.333 e. The molecular weight excluding hydrogens is 476 g/mol. The van der Waals surface area contributed by atoms with Gasteiger partial charge in [-0.25, -0.2) is 4.79 Å². The standard InChI is InChI=1S/C21H36O14/c1-6-10(22)14(26)20(34-16(6)19(28)29)31-5-9-12(24)13(25)15(27)21(33-9)35-17-8(3)32-7(2)11(23)18(17)30-4/h6-18,20-27H,5H2,1-4H3,(H,28,29)/t6-,7?,8+,9?,10?,11-,12+,13?,14-,15-,16?,17?,18-,20-,21+/m0/s1. The highest BCUT2D eigenvalue weighted by molar-refractivity contribution is 5.73. The van der Waals surface area contributed by atoms with E-state index in [2.05, 4.69) is 0 Å². The summed E-state index contributed by atoms with van der Waals surface area (Å²) in [7, 11) is 1.37. The molecule has 35 heavy (non-hydrogen) atoms. The number of carboxylic acids is 1. The van der Waals surface area contributed by atoms with Crippen molar-refractivity contribution in [2.75, 3.05) is 13.7 Å². The second kappa shape index (κ2) is 11.6. The van der Waals surface area contributed by atoms with Gasteiger partial charge in [0.2, 0.25) is 0 Å². The van der Waals surface area contributed by atoms with Gasteiger partial charge in [-0.15, -0.1) is 0 Å². The van der Waals surface area contributed by atoms with Crippen molar-refractivity contribution in [2.45, 2.75) is 107 Å². The molecule has 15 atom stereocenters. The van der Waals surface area contributed by atoms with E-state index >= 15 is 0 Å². The Labute approximate surface area is 201 Å². The topological polar surface area (TPSA) is 214 Å². The Hall–Kier alpha value is -1.01. The predicted molar refractivity (Wildman–Crippen MR) is 112 cm³/mol. The van der Waals surface area contributed by atoms with Crippen LogP contribution in [0.4, 0.5) is 0 Å². The van der Waals surface area contributed by atoms with Crippen molar-refractivity contribution in [1.29, 1.82) is 0 Å². The molecule has 6 unspecified atom stereocenters. The third-order valence-corrected chi connectivity index (χ3v) is 6.86. The van der Waals surface area contributed by atoms with Crippen LogP contribution in [0.3, 0.4) is 0 Å². The second-order valence-corrected chi connectivity index (χ2v) is 9.29. The number of carboxylic acid groups (broad SMARTS) is 1. The zero-order chi connectivity index (χ0) is 26.2. The largest absolute Gasteiger partial charge is 0.479 e. The molecule has 3 fully saturated rings. The molecule has 0 radical (unpaired) electrons. The lowest BCUT2D eigenvalue weighted by atomic mass is 9.91. The molecule has 7 N–H and O–H groups in total. The molecule has 0 aliphatic carbocycles. The number of ether oxygens (including phenoxy) is 6. The number of methoxy groups -OCH3 is 1. The fourth-order valence-electron chi connectivity index (χ4n) is 4.62. The summed E-state index contributed by atoms with van der Waals surface area (Å²) in [5, 5.41) is 71.2. The Kier molecular flexibility index (Phi) is 9.45. The minimum absolute atomic E-state index is 0.524. The monoisotopic (exact) mass is 512 g/mol. The first-order valence-corrected chi connectivity index (χ1v) is 11.5. The molecule has 14 nitrogen and oxygen atoms in total. The van der Waals surface area contributed by atoms with E-state index < -0.39 is 104 Å². The number of aliphatic carboxylic acids is 1. The molecule has 0 aromatic carbocycles. The van der Waals surface area contributed by atoms with Gasteiger partial charge < -0.3 is 64.2 Å². The van der Waals surface area contributed by atoms with Crippen molar-refractivity contribution >= 4 is 5.97 Å². The minimum Gasteiger partial charge on any atom is -0.479 e. The van der Waals surface area contributed by atoms with Gasteiger partial charge >= 0.3 is 5.97 Å². The van der Waals surface area contributed by atoms with E-state index in [0.717, 1.165) is 0 Å². The van der Waals surface area contributed by atoms with Gasteiger partial charge in [-0.1, -0.05) is 6.92 Å². The zero-order valence-electron chi connectivity index (χ0n) is 19.9. The number of carbonyl (C=O) groups is 1. The average molecular weight is 513 g/mol. The normalized spacial score (nSPS) is 51.2. The molecule has 3 saturated heterocycles. The second-order valence-electron chi connectivity index (χ2n) is 9.29. The average Bonchev–Trinajstić information content (AvgIpc) is 2.81. The van der Waals surface area contributed by atoms with E-state index in [-0.39, 0.29) is 0 Å². The van der Waals surface area contributed by atoms with Gasteiger partial charge in [-0.3, -0.25) is 0 Å². The summed E-state index contributed by atoms with van der Waals surface area (Å²) < 4.78 is 33.1. The highest BCUT2D eigenvalue weighted by atomic mass is 16.7. The van der Waals surface area contributed by atoms with Crippen LogP contribution in [0.5, 0.6) is 0 Å². The van der Waals surface area contributed by atoms with Crippen LogP contribution in [-0.2, 0) is 33.2 Å². The highest BCUT2D eigenvalue weighted by Crippen LogP contribution is 2.31. The predicted octanol–water partition coefficient (Wildman–Crippen LogP) is -3.45. The Morgan fingerprint density at radius 1 is 0.743 bits per heavy atom. The van der Waals surface area contributed by atoms with Crippen molar-refractivity contribution in [3.05, 3.63) is 0 Å². The van der Waals surface area contributed by atoms with Crippen LogP contribution < -0.4 is 0 Å². The third-order valence-electron chi connectivity index (χ3n) is 6.86. The quantitative estimate of drug-likeness (QED) is 0.177. The molecule has 14 heteroatoms. The maximum Gasteiger partial charge on any atom is 0.333 e. The molecule has 0 saturated carbocycles. The SMILES string of the molecule is CO[C@@H]1C(O[C@H]2OC(CO[C@H]3OC(C(=O)O)[C@@H](C)C(O)[C@@H]3O)[C@@H](O)C(O)[C@@H]2O)[C@@H](C)OC(C)[C@@H]1O. The fraction of sp³-hybridized carbons (Fsp3) is 0.952. The van der Waals surface area contributed by atoms with Crippen molar-refractivity contribution in [1.82, 2.24) is 0 Å². The molecule has 0 amide bonds. The first-order chi connectivity index (χ1) is 16.4. The molecular formula is C21H36O14. The van der Waals surface area contributed by atoms with Crippen LogP contribution in [0.1, 0.15) is 20.8 Å². The third kappa shape index (κ3) is 5.79. The lowest BCUT2D eigenvalue weighted by Gasteiger charge is -2.46. The van der Waals surface area contributed by atoms with E-state index in [9.17, 15) is 40.5 Å². The molecule has 204 valence electrons. The van der Waals surface area contributed by atoms with Crippen LogP contribution >= 0.6 is 0 Å². The maximum atomic E-state index is 11.4. The van der Waals surface area contributed by atoms with E-state index in [0.29, 0.717) is 0 Å². The maximum absolute atomic E-state index is 11.4. The van der Waals surface area contributed by atoms with Crippen LogP contribution in [0.15, 0.2) is 0 Å². The van der Waals surface area contributed by atoms with Gasteiger partial charge in [-0.2, -0.15) is 0 Å². The molecule has 3 heterocycles. The van der Waals surface area contributed by atoms with Gasteiger partial charge in [0.1, 0.15) is 48.8 Å². The first-order valence-electron chi connectivity index (χ1n) is 11.5. The summed E-state index contributed by atoms with van der Waals surface area (Å²) in [6, 6.07) is 0. The summed E-state index contributed by atoms with van der Waals surface area (Å²) in [5.74, 6) is -2.27. The molecule has 3 aliphatic rings. The minimum atomic E-state index is -1.72. The number of aliphatic hydroxyl groups is 6. The van der Waals surface area contributed by atoms with Crippen molar-refractivity contribution in [3.63, 3.8) is 0 Å². The van der Waals surface area contributed by atoms with E-state index in [1.807, 2.05) is 0 Å². The van der Waals surface area contributed by atoms with E-state index in [4.69, 9.17) is 28.4 Å². The Balaban J connectivity index is 1.68. The zero-order valence-corrected chi connectivity index (χ0v) is 19.9. The fourth-order valence-corrected chi connectivity index (χ4v) is 4.62.